The Morgan fingerprint density at radius 1 is 1.33 bits per heavy atom. The minimum atomic E-state index is 0.275. The fraction of sp³-hybridized carbons (Fsp3) is 0.250. The number of aldehydes is 1. The van der Waals surface area contributed by atoms with Crippen molar-refractivity contribution in [2.75, 3.05) is 6.79 Å². The van der Waals surface area contributed by atoms with E-state index in [9.17, 15) is 4.79 Å². The second-order valence-corrected chi connectivity index (χ2v) is 3.08. The maximum absolute atomic E-state index is 10.1. The van der Waals surface area contributed by atoms with Crippen LogP contribution in [0.15, 0.2) is 18.2 Å². The van der Waals surface area contributed by atoms with Crippen molar-refractivity contribution in [2.24, 2.45) is 0 Å². The van der Waals surface area contributed by atoms with Gasteiger partial charge in [0.15, 0.2) is 11.5 Å². The number of hydrogen-bond acceptors (Lipinski definition) is 3. The molecule has 0 bridgehead atoms. The molecule has 3 nitrogen and oxygen atoms in total. The van der Waals surface area contributed by atoms with Crippen LogP contribution < -0.4 is 9.47 Å². The van der Waals surface area contributed by atoms with Gasteiger partial charge < -0.3 is 14.3 Å². The molecular weight excluding hydrogens is 192 g/mol. The first kappa shape index (κ1) is 9.60. The number of benzene rings is 1. The van der Waals surface area contributed by atoms with Crippen LogP contribution >= 0.6 is 0 Å². The van der Waals surface area contributed by atoms with E-state index >= 15 is 0 Å². The zero-order chi connectivity index (χ0) is 10.5. The van der Waals surface area contributed by atoms with E-state index in [2.05, 4.69) is 11.8 Å². The lowest BCUT2D eigenvalue weighted by molar-refractivity contribution is -0.107. The van der Waals surface area contributed by atoms with Crippen LogP contribution in [0.2, 0.25) is 0 Å². The smallest absolute Gasteiger partial charge is 0.231 e. The van der Waals surface area contributed by atoms with Crippen molar-refractivity contribution in [1.82, 2.24) is 0 Å². The Bertz CT molecular complexity index is 426. The monoisotopic (exact) mass is 202 g/mol. The molecule has 0 unspecified atom stereocenters. The molecule has 15 heavy (non-hydrogen) atoms. The number of carbonyl (C=O) groups is 1. The third kappa shape index (κ3) is 2.29. The van der Waals surface area contributed by atoms with E-state index in [1.165, 1.54) is 0 Å². The number of rotatable bonds is 2. The number of hydrogen-bond donors (Lipinski definition) is 0. The lowest BCUT2D eigenvalue weighted by Gasteiger charge is -1.95. The van der Waals surface area contributed by atoms with Gasteiger partial charge in [0.1, 0.15) is 6.29 Å². The van der Waals surface area contributed by atoms with E-state index in [1.807, 2.05) is 18.2 Å². The largest absolute Gasteiger partial charge is 0.454 e. The van der Waals surface area contributed by atoms with Gasteiger partial charge in [-0.3, -0.25) is 0 Å². The van der Waals surface area contributed by atoms with Gasteiger partial charge in [-0.05, 0) is 18.2 Å². The fourth-order valence-corrected chi connectivity index (χ4v) is 1.27. The summed E-state index contributed by atoms with van der Waals surface area (Å²) in [5.74, 6) is 7.37. The summed E-state index contributed by atoms with van der Waals surface area (Å²) in [6.45, 7) is 0.275. The van der Waals surface area contributed by atoms with E-state index in [4.69, 9.17) is 9.47 Å². The third-order valence-electron chi connectivity index (χ3n) is 1.99. The third-order valence-corrected chi connectivity index (χ3v) is 1.99. The molecule has 0 atom stereocenters. The van der Waals surface area contributed by atoms with Gasteiger partial charge in [0.05, 0.1) is 0 Å². The summed E-state index contributed by atoms with van der Waals surface area (Å²) in [5, 5.41) is 0. The van der Waals surface area contributed by atoms with Crippen LogP contribution in [0.5, 0.6) is 11.5 Å². The molecule has 1 heterocycles. The van der Waals surface area contributed by atoms with Crippen LogP contribution in [0, 0.1) is 11.8 Å². The highest BCUT2D eigenvalue weighted by Gasteiger charge is 2.12. The van der Waals surface area contributed by atoms with Crippen LogP contribution in [0.3, 0.4) is 0 Å². The normalized spacial score (nSPS) is 11.7. The number of fused-ring (bicyclic) bond motifs is 1. The van der Waals surface area contributed by atoms with E-state index in [1.54, 1.807) is 0 Å². The minimum absolute atomic E-state index is 0.275. The predicted molar refractivity (Wildman–Crippen MR) is 54.7 cm³/mol. The Morgan fingerprint density at radius 3 is 3.07 bits per heavy atom. The highest BCUT2D eigenvalue weighted by atomic mass is 16.7. The summed E-state index contributed by atoms with van der Waals surface area (Å²) in [5.41, 5.74) is 0.880. The van der Waals surface area contributed by atoms with E-state index in [0.29, 0.717) is 12.8 Å². The van der Waals surface area contributed by atoms with Crippen molar-refractivity contribution < 1.29 is 14.3 Å². The van der Waals surface area contributed by atoms with E-state index in [-0.39, 0.29) is 6.79 Å². The Labute approximate surface area is 88.0 Å². The molecule has 0 radical (unpaired) electrons. The molecule has 1 aliphatic heterocycles. The zero-order valence-corrected chi connectivity index (χ0v) is 8.16. The highest BCUT2D eigenvalue weighted by Crippen LogP contribution is 2.32. The first-order valence-electron chi connectivity index (χ1n) is 4.72. The second-order valence-electron chi connectivity index (χ2n) is 3.08. The van der Waals surface area contributed by atoms with Gasteiger partial charge in [-0.25, -0.2) is 0 Å². The average Bonchev–Trinajstić information content (AvgIpc) is 2.71. The molecule has 0 saturated carbocycles. The van der Waals surface area contributed by atoms with Gasteiger partial charge >= 0.3 is 0 Å². The first-order chi connectivity index (χ1) is 7.40. The SMILES string of the molecule is O=CCCC#Cc1ccc2c(c1)OCO2. The van der Waals surface area contributed by atoms with Gasteiger partial charge in [0.2, 0.25) is 6.79 Å². The summed E-state index contributed by atoms with van der Waals surface area (Å²) in [6, 6.07) is 5.56. The number of unbranched alkanes of at least 4 members (excludes halogenated alkanes) is 1. The van der Waals surface area contributed by atoms with Crippen LogP contribution in [-0.2, 0) is 4.79 Å². The van der Waals surface area contributed by atoms with Gasteiger partial charge in [0.25, 0.3) is 0 Å². The maximum atomic E-state index is 10.1. The summed E-state index contributed by atoms with van der Waals surface area (Å²) in [7, 11) is 0. The number of carbonyl (C=O) groups excluding carboxylic acids is 1. The molecule has 0 amide bonds. The number of ether oxygens (including phenoxy) is 2. The molecule has 1 aromatic carbocycles. The Morgan fingerprint density at radius 2 is 2.20 bits per heavy atom. The van der Waals surface area contributed by atoms with Crippen molar-refractivity contribution in [2.45, 2.75) is 12.8 Å². The molecule has 76 valence electrons. The molecule has 0 fully saturated rings. The zero-order valence-electron chi connectivity index (χ0n) is 8.16. The van der Waals surface area contributed by atoms with Gasteiger partial charge in [-0.1, -0.05) is 11.8 Å². The highest BCUT2D eigenvalue weighted by molar-refractivity contribution is 5.51. The molecule has 2 rings (SSSR count). The summed E-state index contributed by atoms with van der Waals surface area (Å²) in [6.07, 6.45) is 1.95. The second kappa shape index (κ2) is 4.52. The van der Waals surface area contributed by atoms with Crippen LogP contribution in [-0.4, -0.2) is 13.1 Å². The molecular formula is C12H10O3. The minimum Gasteiger partial charge on any atom is -0.454 e. The van der Waals surface area contributed by atoms with E-state index < -0.39 is 0 Å². The van der Waals surface area contributed by atoms with Gasteiger partial charge in [-0.2, -0.15) is 0 Å². The molecule has 3 heteroatoms. The maximum Gasteiger partial charge on any atom is 0.231 e. The standard InChI is InChI=1S/C12H10O3/c13-7-3-1-2-4-10-5-6-11-12(8-10)15-9-14-11/h5-8H,1,3,9H2. The molecule has 0 N–H and O–H groups in total. The summed E-state index contributed by atoms with van der Waals surface area (Å²) < 4.78 is 10.4. The van der Waals surface area contributed by atoms with Gasteiger partial charge in [0, 0.05) is 18.4 Å². The Hall–Kier alpha value is -1.95. The molecule has 0 aromatic heterocycles. The fourth-order valence-electron chi connectivity index (χ4n) is 1.27. The lowest BCUT2D eigenvalue weighted by atomic mass is 10.2. The van der Waals surface area contributed by atoms with Crippen molar-refractivity contribution in [3.05, 3.63) is 23.8 Å². The molecule has 1 aliphatic rings. The summed E-state index contributed by atoms with van der Waals surface area (Å²) >= 11 is 0. The van der Waals surface area contributed by atoms with Crippen molar-refractivity contribution in [1.29, 1.82) is 0 Å². The van der Waals surface area contributed by atoms with Gasteiger partial charge in [-0.15, -0.1) is 0 Å². The molecule has 1 aromatic rings. The van der Waals surface area contributed by atoms with Crippen molar-refractivity contribution in [3.8, 4) is 23.3 Å². The molecule has 0 aliphatic carbocycles. The van der Waals surface area contributed by atoms with Crippen LogP contribution in [0.4, 0.5) is 0 Å². The van der Waals surface area contributed by atoms with Crippen molar-refractivity contribution >= 4 is 6.29 Å². The lowest BCUT2D eigenvalue weighted by Crippen LogP contribution is -1.92. The predicted octanol–water partition coefficient (Wildman–Crippen LogP) is 1.75. The molecule has 0 spiro atoms. The topological polar surface area (TPSA) is 35.5 Å². The van der Waals surface area contributed by atoms with Crippen LogP contribution in [0.25, 0.3) is 0 Å². The van der Waals surface area contributed by atoms with Crippen molar-refractivity contribution in [3.63, 3.8) is 0 Å². The van der Waals surface area contributed by atoms with Crippen LogP contribution in [0.1, 0.15) is 18.4 Å². The van der Waals surface area contributed by atoms with E-state index in [0.717, 1.165) is 23.3 Å². The molecule has 0 saturated heterocycles. The quantitative estimate of drug-likeness (QED) is 0.416. The summed E-state index contributed by atoms with van der Waals surface area (Å²) in [4.78, 5) is 10.1. The average molecular weight is 202 g/mol. The Balaban J connectivity index is 2.08. The Kier molecular flexibility index (Phi) is 2.89. The first-order valence-corrected chi connectivity index (χ1v) is 4.72.